The summed E-state index contributed by atoms with van der Waals surface area (Å²) in [5.41, 5.74) is 0. The highest BCUT2D eigenvalue weighted by Crippen LogP contribution is 2.14. The van der Waals surface area contributed by atoms with Gasteiger partial charge in [0.2, 0.25) is 11.8 Å². The maximum absolute atomic E-state index is 11.6. The van der Waals surface area contributed by atoms with Gasteiger partial charge in [0.05, 0.1) is 6.54 Å². The van der Waals surface area contributed by atoms with E-state index in [0.29, 0.717) is 6.54 Å². The zero-order valence-corrected chi connectivity index (χ0v) is 9.04. The normalized spacial score (nSPS) is 22.9. The number of carbonyl (C=O) groups excluding carboxylic acids is 2. The van der Waals surface area contributed by atoms with Crippen molar-refractivity contribution < 1.29 is 9.59 Å². The predicted molar refractivity (Wildman–Crippen MR) is 53.6 cm³/mol. The van der Waals surface area contributed by atoms with Crippen LogP contribution in [0.25, 0.3) is 0 Å². The van der Waals surface area contributed by atoms with Crippen molar-refractivity contribution in [1.29, 1.82) is 0 Å². The van der Waals surface area contributed by atoms with Crippen molar-refractivity contribution in [1.82, 2.24) is 10.2 Å². The second-order valence-corrected chi connectivity index (χ2v) is 3.99. The number of carbonyl (C=O) groups is 2. The molecule has 1 fully saturated rings. The SMILES string of the molecule is CCCN1C(=O)CNC(=O)C1C(C)C. The van der Waals surface area contributed by atoms with Gasteiger partial charge < -0.3 is 10.2 Å². The van der Waals surface area contributed by atoms with Crippen molar-refractivity contribution in [2.75, 3.05) is 13.1 Å². The lowest BCUT2D eigenvalue weighted by Gasteiger charge is -2.37. The number of nitrogens with one attached hydrogen (secondary N) is 1. The lowest BCUT2D eigenvalue weighted by molar-refractivity contribution is -0.147. The van der Waals surface area contributed by atoms with Gasteiger partial charge in [0, 0.05) is 6.54 Å². The van der Waals surface area contributed by atoms with E-state index in [1.54, 1.807) is 4.90 Å². The van der Waals surface area contributed by atoms with Crippen LogP contribution >= 0.6 is 0 Å². The van der Waals surface area contributed by atoms with Crippen LogP contribution < -0.4 is 5.32 Å². The van der Waals surface area contributed by atoms with Gasteiger partial charge in [-0.3, -0.25) is 9.59 Å². The fourth-order valence-corrected chi connectivity index (χ4v) is 1.83. The van der Waals surface area contributed by atoms with E-state index in [9.17, 15) is 9.59 Å². The Bertz CT molecular complexity index is 238. The molecular weight excluding hydrogens is 180 g/mol. The fraction of sp³-hybridized carbons (Fsp3) is 0.800. The van der Waals surface area contributed by atoms with Crippen LogP contribution in [0, 0.1) is 5.92 Å². The summed E-state index contributed by atoms with van der Waals surface area (Å²) in [6, 6.07) is -0.281. The summed E-state index contributed by atoms with van der Waals surface area (Å²) in [5, 5.41) is 2.62. The summed E-state index contributed by atoms with van der Waals surface area (Å²) in [4.78, 5) is 24.8. The van der Waals surface area contributed by atoms with E-state index in [0.717, 1.165) is 6.42 Å². The van der Waals surface area contributed by atoms with E-state index in [2.05, 4.69) is 5.32 Å². The van der Waals surface area contributed by atoms with Crippen molar-refractivity contribution in [3.05, 3.63) is 0 Å². The Hall–Kier alpha value is -1.06. The molecule has 4 heteroatoms. The second kappa shape index (κ2) is 4.44. The molecule has 1 unspecified atom stereocenters. The molecule has 0 aromatic heterocycles. The van der Waals surface area contributed by atoms with Gasteiger partial charge in [-0.1, -0.05) is 20.8 Å². The largest absolute Gasteiger partial charge is 0.345 e. The first kappa shape index (κ1) is 11.0. The summed E-state index contributed by atoms with van der Waals surface area (Å²) in [5.74, 6) is 0.184. The zero-order chi connectivity index (χ0) is 10.7. The van der Waals surface area contributed by atoms with Gasteiger partial charge in [-0.25, -0.2) is 0 Å². The van der Waals surface area contributed by atoms with Crippen LogP contribution in [0.3, 0.4) is 0 Å². The van der Waals surface area contributed by atoms with Crippen LogP contribution in [-0.4, -0.2) is 35.8 Å². The molecule has 80 valence electrons. The van der Waals surface area contributed by atoms with E-state index >= 15 is 0 Å². The maximum Gasteiger partial charge on any atom is 0.243 e. The zero-order valence-electron chi connectivity index (χ0n) is 9.04. The molecule has 0 aliphatic carbocycles. The highest BCUT2D eigenvalue weighted by atomic mass is 16.2. The van der Waals surface area contributed by atoms with E-state index in [4.69, 9.17) is 0 Å². The molecule has 0 saturated carbocycles. The minimum absolute atomic E-state index is 0.0203. The lowest BCUT2D eigenvalue weighted by atomic mass is 9.99. The third kappa shape index (κ3) is 2.05. The smallest absolute Gasteiger partial charge is 0.243 e. The molecule has 1 atom stereocenters. The average molecular weight is 198 g/mol. The Morgan fingerprint density at radius 3 is 2.64 bits per heavy atom. The van der Waals surface area contributed by atoms with E-state index in [1.165, 1.54) is 0 Å². The minimum Gasteiger partial charge on any atom is -0.345 e. The van der Waals surface area contributed by atoms with Gasteiger partial charge in [0.15, 0.2) is 0 Å². The molecule has 0 aromatic carbocycles. The molecule has 2 amide bonds. The molecule has 0 bridgehead atoms. The first-order valence-corrected chi connectivity index (χ1v) is 5.15. The molecule has 0 aromatic rings. The van der Waals surface area contributed by atoms with Gasteiger partial charge in [-0.05, 0) is 12.3 Å². The summed E-state index contributed by atoms with van der Waals surface area (Å²) in [6.45, 7) is 6.77. The molecule has 0 spiro atoms. The number of piperazine rings is 1. The van der Waals surface area contributed by atoms with Crippen LogP contribution in [0.5, 0.6) is 0 Å². The molecule has 1 heterocycles. The number of hydrogen-bond donors (Lipinski definition) is 1. The first-order chi connectivity index (χ1) is 6.57. The topological polar surface area (TPSA) is 49.4 Å². The summed E-state index contributed by atoms with van der Waals surface area (Å²) in [7, 11) is 0. The summed E-state index contributed by atoms with van der Waals surface area (Å²) >= 11 is 0. The summed E-state index contributed by atoms with van der Waals surface area (Å²) in [6.07, 6.45) is 0.891. The van der Waals surface area contributed by atoms with Crippen LogP contribution in [0.4, 0.5) is 0 Å². The van der Waals surface area contributed by atoms with Gasteiger partial charge in [-0.15, -0.1) is 0 Å². The van der Waals surface area contributed by atoms with E-state index in [1.807, 2.05) is 20.8 Å². The monoisotopic (exact) mass is 198 g/mol. The molecule has 1 aliphatic heterocycles. The average Bonchev–Trinajstić information content (AvgIpc) is 2.11. The number of rotatable bonds is 3. The molecule has 1 N–H and O–H groups in total. The van der Waals surface area contributed by atoms with Crippen LogP contribution in [0.15, 0.2) is 0 Å². The van der Waals surface area contributed by atoms with Crippen molar-refractivity contribution in [3.8, 4) is 0 Å². The molecule has 1 saturated heterocycles. The molecular formula is C10H18N2O2. The Morgan fingerprint density at radius 1 is 1.50 bits per heavy atom. The quantitative estimate of drug-likeness (QED) is 0.712. The van der Waals surface area contributed by atoms with Gasteiger partial charge in [0.25, 0.3) is 0 Å². The maximum atomic E-state index is 11.6. The van der Waals surface area contributed by atoms with Crippen LogP contribution in [0.2, 0.25) is 0 Å². The molecule has 1 aliphatic rings. The summed E-state index contributed by atoms with van der Waals surface area (Å²) < 4.78 is 0. The fourth-order valence-electron chi connectivity index (χ4n) is 1.83. The Kier molecular flexibility index (Phi) is 3.49. The standard InChI is InChI=1S/C10H18N2O2/c1-4-5-12-8(13)6-11-10(14)9(12)7(2)3/h7,9H,4-6H2,1-3H3,(H,11,14). The molecule has 0 radical (unpaired) electrons. The Morgan fingerprint density at radius 2 is 2.14 bits per heavy atom. The number of amides is 2. The lowest BCUT2D eigenvalue weighted by Crippen LogP contribution is -2.60. The van der Waals surface area contributed by atoms with Crippen molar-refractivity contribution >= 4 is 11.8 Å². The molecule has 14 heavy (non-hydrogen) atoms. The van der Waals surface area contributed by atoms with Crippen LogP contribution in [0.1, 0.15) is 27.2 Å². The van der Waals surface area contributed by atoms with E-state index < -0.39 is 0 Å². The number of hydrogen-bond acceptors (Lipinski definition) is 2. The Labute approximate surface area is 84.7 Å². The van der Waals surface area contributed by atoms with Gasteiger partial charge >= 0.3 is 0 Å². The predicted octanol–water partition coefficient (Wildman–Crippen LogP) is 0.379. The van der Waals surface area contributed by atoms with Gasteiger partial charge in [0.1, 0.15) is 6.04 Å². The highest BCUT2D eigenvalue weighted by molar-refractivity contribution is 5.94. The van der Waals surface area contributed by atoms with Crippen molar-refractivity contribution in [2.45, 2.75) is 33.2 Å². The van der Waals surface area contributed by atoms with Gasteiger partial charge in [-0.2, -0.15) is 0 Å². The van der Waals surface area contributed by atoms with Crippen molar-refractivity contribution in [3.63, 3.8) is 0 Å². The second-order valence-electron chi connectivity index (χ2n) is 3.99. The highest BCUT2D eigenvalue weighted by Gasteiger charge is 2.35. The number of nitrogens with zero attached hydrogens (tertiary/aromatic N) is 1. The van der Waals surface area contributed by atoms with E-state index in [-0.39, 0.29) is 30.3 Å². The van der Waals surface area contributed by atoms with Crippen LogP contribution in [-0.2, 0) is 9.59 Å². The molecule has 1 rings (SSSR count). The molecule has 4 nitrogen and oxygen atoms in total. The Balaban J connectivity index is 2.80. The third-order valence-corrected chi connectivity index (χ3v) is 2.43. The van der Waals surface area contributed by atoms with Crippen molar-refractivity contribution in [2.24, 2.45) is 5.92 Å². The third-order valence-electron chi connectivity index (χ3n) is 2.43. The first-order valence-electron chi connectivity index (χ1n) is 5.15. The minimum atomic E-state index is -0.281.